The zero-order valence-electron chi connectivity index (χ0n) is 15.5. The largest absolute Gasteiger partial charge is 0.376 e. The van der Waals surface area contributed by atoms with Crippen LogP contribution in [0, 0.1) is 0 Å². The number of thioether (sulfide) groups is 1. The van der Waals surface area contributed by atoms with Gasteiger partial charge < -0.3 is 10.1 Å². The molecule has 140 valence electrons. The molecule has 2 heterocycles. The fraction of sp³-hybridized carbons (Fsp3) is 0.500. The molecular formula is C20H27N3O2S. The molecule has 0 spiro atoms. The summed E-state index contributed by atoms with van der Waals surface area (Å²) in [5, 5.41) is 7.81. The Morgan fingerprint density at radius 2 is 2.15 bits per heavy atom. The summed E-state index contributed by atoms with van der Waals surface area (Å²) in [4.78, 5) is 13.5. The minimum absolute atomic E-state index is 0.0253. The van der Waals surface area contributed by atoms with E-state index in [0.717, 1.165) is 37.2 Å². The number of aromatic nitrogens is 2. The van der Waals surface area contributed by atoms with Crippen molar-refractivity contribution >= 4 is 23.4 Å². The van der Waals surface area contributed by atoms with E-state index in [1.165, 1.54) is 11.3 Å². The van der Waals surface area contributed by atoms with Crippen LogP contribution in [0.25, 0.3) is 0 Å². The molecule has 6 heteroatoms. The highest BCUT2D eigenvalue weighted by Gasteiger charge is 2.15. The van der Waals surface area contributed by atoms with E-state index < -0.39 is 0 Å². The average Bonchev–Trinajstić information content (AvgIpc) is 3.04. The van der Waals surface area contributed by atoms with Gasteiger partial charge in [0, 0.05) is 22.9 Å². The zero-order chi connectivity index (χ0) is 18.4. The number of carbonyl (C=O) groups is 1. The van der Waals surface area contributed by atoms with Gasteiger partial charge in [-0.15, -0.1) is 11.8 Å². The van der Waals surface area contributed by atoms with Crippen LogP contribution in [0.3, 0.4) is 0 Å². The molecule has 0 aliphatic carbocycles. The van der Waals surface area contributed by atoms with Crippen LogP contribution in [-0.2, 0) is 22.5 Å². The average molecular weight is 374 g/mol. The van der Waals surface area contributed by atoms with E-state index >= 15 is 0 Å². The van der Waals surface area contributed by atoms with E-state index in [1.807, 2.05) is 34.8 Å². The molecule has 1 aliphatic heterocycles. The van der Waals surface area contributed by atoms with Crippen molar-refractivity contribution < 1.29 is 9.53 Å². The molecule has 0 bridgehead atoms. The van der Waals surface area contributed by atoms with Crippen molar-refractivity contribution in [1.82, 2.24) is 9.78 Å². The molecule has 1 fully saturated rings. The van der Waals surface area contributed by atoms with Gasteiger partial charge in [0.1, 0.15) is 0 Å². The van der Waals surface area contributed by atoms with Gasteiger partial charge >= 0.3 is 0 Å². The van der Waals surface area contributed by atoms with Gasteiger partial charge in [0.05, 0.1) is 31.0 Å². The summed E-state index contributed by atoms with van der Waals surface area (Å²) in [6.07, 6.45) is 7.60. The summed E-state index contributed by atoms with van der Waals surface area (Å²) < 4.78 is 7.59. The summed E-state index contributed by atoms with van der Waals surface area (Å²) >= 11 is 1.82. The first-order valence-electron chi connectivity index (χ1n) is 9.28. The van der Waals surface area contributed by atoms with Crippen molar-refractivity contribution in [2.45, 2.75) is 62.3 Å². The molecule has 1 aliphatic rings. The number of amides is 1. The van der Waals surface area contributed by atoms with Gasteiger partial charge in [-0.25, -0.2) is 0 Å². The fourth-order valence-corrected chi connectivity index (χ4v) is 3.87. The second-order valence-corrected chi connectivity index (χ2v) is 8.63. The van der Waals surface area contributed by atoms with E-state index in [0.29, 0.717) is 11.7 Å². The predicted molar refractivity (Wildman–Crippen MR) is 106 cm³/mol. The molecule has 26 heavy (non-hydrogen) atoms. The molecule has 0 unspecified atom stereocenters. The second kappa shape index (κ2) is 9.24. The van der Waals surface area contributed by atoms with Crippen LogP contribution < -0.4 is 5.32 Å². The van der Waals surface area contributed by atoms with Crippen molar-refractivity contribution in [3.05, 3.63) is 42.2 Å². The lowest BCUT2D eigenvalue weighted by molar-refractivity contribution is -0.115. The van der Waals surface area contributed by atoms with Gasteiger partial charge in [0.15, 0.2) is 0 Å². The summed E-state index contributed by atoms with van der Waals surface area (Å²) in [5.41, 5.74) is 1.75. The summed E-state index contributed by atoms with van der Waals surface area (Å²) in [6.45, 7) is 5.92. The predicted octanol–water partition coefficient (Wildman–Crippen LogP) is 4.13. The van der Waals surface area contributed by atoms with Crippen LogP contribution in [-0.4, -0.2) is 33.6 Å². The van der Waals surface area contributed by atoms with E-state index in [9.17, 15) is 4.79 Å². The number of hydrogen-bond acceptors (Lipinski definition) is 4. The second-order valence-electron chi connectivity index (χ2n) is 6.98. The highest BCUT2D eigenvalue weighted by atomic mass is 32.2. The van der Waals surface area contributed by atoms with Crippen LogP contribution in [0.2, 0.25) is 0 Å². The number of nitrogens with one attached hydrogen (secondary N) is 1. The third kappa shape index (κ3) is 5.88. The lowest BCUT2D eigenvalue weighted by atomic mass is 10.1. The maximum absolute atomic E-state index is 12.3. The fourth-order valence-electron chi connectivity index (χ4n) is 3.04. The minimum Gasteiger partial charge on any atom is -0.376 e. The molecule has 5 nitrogen and oxygen atoms in total. The summed E-state index contributed by atoms with van der Waals surface area (Å²) in [6, 6.07) is 8.20. The topological polar surface area (TPSA) is 56.2 Å². The van der Waals surface area contributed by atoms with Gasteiger partial charge in [-0.1, -0.05) is 26.0 Å². The van der Waals surface area contributed by atoms with Crippen molar-refractivity contribution in [2.24, 2.45) is 0 Å². The third-order valence-electron chi connectivity index (χ3n) is 4.24. The quantitative estimate of drug-likeness (QED) is 0.741. The Kier molecular flexibility index (Phi) is 6.74. The molecule has 0 radical (unpaired) electrons. The van der Waals surface area contributed by atoms with Gasteiger partial charge in [0.2, 0.25) is 5.91 Å². The van der Waals surface area contributed by atoms with Crippen LogP contribution in [0.4, 0.5) is 5.69 Å². The number of benzene rings is 1. The first-order valence-corrected chi connectivity index (χ1v) is 10.2. The molecule has 1 amide bonds. The zero-order valence-corrected chi connectivity index (χ0v) is 16.3. The normalized spacial score (nSPS) is 17.4. The Hall–Kier alpha value is -1.79. The standard InChI is InChI=1S/C20H27N3O2S/c1-15(2)26-19-8-6-16(7-9-19)11-20(24)22-17-12-21-23(13-17)14-18-5-3-4-10-25-18/h6-9,12-13,15,18H,3-5,10-11,14H2,1-2H3,(H,22,24)/t18-/m0/s1. The van der Waals surface area contributed by atoms with Gasteiger partial charge in [-0.05, 0) is 37.0 Å². The van der Waals surface area contributed by atoms with Crippen molar-refractivity contribution in [3.63, 3.8) is 0 Å². The van der Waals surface area contributed by atoms with E-state index in [-0.39, 0.29) is 12.0 Å². The minimum atomic E-state index is -0.0253. The number of ether oxygens (including phenoxy) is 1. The Morgan fingerprint density at radius 3 is 2.85 bits per heavy atom. The van der Waals surface area contributed by atoms with Crippen LogP contribution in [0.1, 0.15) is 38.7 Å². The van der Waals surface area contributed by atoms with Crippen molar-refractivity contribution in [2.75, 3.05) is 11.9 Å². The molecule has 3 rings (SSSR count). The van der Waals surface area contributed by atoms with E-state index in [2.05, 4.69) is 36.4 Å². The summed E-state index contributed by atoms with van der Waals surface area (Å²) in [7, 11) is 0. The lowest BCUT2D eigenvalue weighted by Crippen LogP contribution is -2.24. The first-order chi connectivity index (χ1) is 12.6. The molecule has 1 N–H and O–H groups in total. The van der Waals surface area contributed by atoms with Crippen LogP contribution in [0.15, 0.2) is 41.6 Å². The van der Waals surface area contributed by atoms with E-state index in [1.54, 1.807) is 6.20 Å². The Balaban J connectivity index is 1.48. The number of nitrogens with zero attached hydrogens (tertiary/aromatic N) is 2. The first kappa shape index (κ1) is 19.0. The highest BCUT2D eigenvalue weighted by molar-refractivity contribution is 7.99. The van der Waals surface area contributed by atoms with Crippen molar-refractivity contribution in [1.29, 1.82) is 0 Å². The number of carbonyl (C=O) groups excluding carboxylic acids is 1. The third-order valence-corrected chi connectivity index (χ3v) is 5.26. The number of anilines is 1. The smallest absolute Gasteiger partial charge is 0.228 e. The van der Waals surface area contributed by atoms with E-state index in [4.69, 9.17) is 4.74 Å². The molecule has 1 aromatic carbocycles. The molecule has 2 aromatic rings. The number of hydrogen-bond donors (Lipinski definition) is 1. The highest BCUT2D eigenvalue weighted by Crippen LogP contribution is 2.23. The monoisotopic (exact) mass is 373 g/mol. The van der Waals surface area contributed by atoms with Gasteiger partial charge in [-0.3, -0.25) is 9.48 Å². The molecule has 1 saturated heterocycles. The van der Waals surface area contributed by atoms with Gasteiger partial charge in [0.25, 0.3) is 0 Å². The SMILES string of the molecule is CC(C)Sc1ccc(CC(=O)Nc2cnn(C[C@@H]3CCCCO3)c2)cc1. The Bertz CT molecular complexity index is 706. The Labute approximate surface area is 159 Å². The molecule has 1 atom stereocenters. The summed E-state index contributed by atoms with van der Waals surface area (Å²) in [5.74, 6) is -0.0253. The van der Waals surface area contributed by atoms with Gasteiger partial charge in [-0.2, -0.15) is 5.10 Å². The van der Waals surface area contributed by atoms with Crippen LogP contribution >= 0.6 is 11.8 Å². The molecule has 1 aromatic heterocycles. The Morgan fingerprint density at radius 1 is 1.35 bits per heavy atom. The maximum atomic E-state index is 12.3. The van der Waals surface area contributed by atoms with Crippen LogP contribution in [0.5, 0.6) is 0 Å². The van der Waals surface area contributed by atoms with Crippen molar-refractivity contribution in [3.8, 4) is 0 Å². The lowest BCUT2D eigenvalue weighted by Gasteiger charge is -2.22. The maximum Gasteiger partial charge on any atom is 0.228 e. The molecular weight excluding hydrogens is 346 g/mol. The molecule has 0 saturated carbocycles. The number of rotatable bonds is 7.